The number of fused-ring (bicyclic) bond motifs is 10. The Labute approximate surface area is 429 Å². The van der Waals surface area contributed by atoms with Gasteiger partial charge in [-0.05, 0) is 193 Å². The van der Waals surface area contributed by atoms with Gasteiger partial charge in [0.15, 0.2) is 0 Å². The molecule has 2 saturated heterocycles. The second-order valence-electron chi connectivity index (χ2n) is 27.8. The largest absolute Gasteiger partial charge is 0.494 e. The Bertz CT molecular complexity index is 3200. The average Bonchev–Trinajstić information content (AvgIpc) is 3.95. The zero-order chi connectivity index (χ0) is 52.0. The minimum Gasteiger partial charge on any atom is -0.399 e. The summed E-state index contributed by atoms with van der Waals surface area (Å²) in [4.78, 5) is 15.8. The van der Waals surface area contributed by atoms with Crippen LogP contribution in [0.2, 0.25) is 0 Å². The van der Waals surface area contributed by atoms with Crippen molar-refractivity contribution in [3.63, 3.8) is 0 Å². The monoisotopic (exact) mass is 960 g/mol. The van der Waals surface area contributed by atoms with Crippen LogP contribution in [0.1, 0.15) is 172 Å². The number of aromatic nitrogens is 3. The molecule has 7 aromatic rings. The molecule has 3 aromatic heterocycles. The molecule has 0 unspecified atom stereocenters. The van der Waals surface area contributed by atoms with E-state index >= 15 is 0 Å². The lowest BCUT2D eigenvalue weighted by molar-refractivity contribution is 0.00578. The fraction of sp³-hybridized carbons (Fsp3) is 0.460. The van der Waals surface area contributed by atoms with Crippen molar-refractivity contribution in [1.82, 2.24) is 15.0 Å². The Hall–Kier alpha value is -5.05. The van der Waals surface area contributed by atoms with E-state index in [0.717, 1.165) is 77.8 Å². The molecule has 372 valence electrons. The third-order valence-electron chi connectivity index (χ3n) is 17.3. The highest BCUT2D eigenvalue weighted by Gasteiger charge is 2.53. The lowest BCUT2D eigenvalue weighted by atomic mass is 9.76. The van der Waals surface area contributed by atoms with Crippen LogP contribution in [0.25, 0.3) is 78.0 Å². The van der Waals surface area contributed by atoms with Gasteiger partial charge < -0.3 is 23.6 Å². The molecular weight excluding hydrogens is 884 g/mol. The summed E-state index contributed by atoms with van der Waals surface area (Å²) in [5.41, 5.74) is 19.0. The number of nitrogens with zero attached hydrogens (tertiary/aromatic N) is 2. The maximum absolute atomic E-state index is 6.92. The SMILES string of the molecule is CC(C)(C)c1cc2c3c(c1)-c1cc(C(C)(C)C)cc(c1C3)-c1cc(B3OC(C)(C)C(C)(C)O3)cc(n1)-c1cc(C(C)(C)C)cc3c1[nH]c1c(cc(C(C)(C)C)cc13)-c1cc(B3OC(C)(C)C(C)(C)O3)cc-2n1. The highest BCUT2D eigenvalue weighted by atomic mass is 16.7. The van der Waals surface area contributed by atoms with Crippen molar-refractivity contribution in [3.05, 3.63) is 106 Å². The first kappa shape index (κ1) is 49.2. The summed E-state index contributed by atoms with van der Waals surface area (Å²) in [6.45, 7) is 44.8. The van der Waals surface area contributed by atoms with Crippen molar-refractivity contribution >= 4 is 47.0 Å². The van der Waals surface area contributed by atoms with Gasteiger partial charge in [0, 0.05) is 39.4 Å². The predicted molar refractivity (Wildman–Crippen MR) is 301 cm³/mol. The molecule has 4 aliphatic rings. The van der Waals surface area contributed by atoms with Gasteiger partial charge in [-0.15, -0.1) is 0 Å². The molecule has 1 aliphatic carbocycles. The minimum atomic E-state index is -0.600. The third-order valence-corrected chi connectivity index (χ3v) is 17.3. The smallest absolute Gasteiger partial charge is 0.399 e. The van der Waals surface area contributed by atoms with Gasteiger partial charge in [0.1, 0.15) is 0 Å². The molecule has 9 heteroatoms. The van der Waals surface area contributed by atoms with E-state index in [1.54, 1.807) is 0 Å². The van der Waals surface area contributed by atoms with Crippen LogP contribution in [-0.2, 0) is 46.7 Å². The van der Waals surface area contributed by atoms with Gasteiger partial charge in [-0.2, -0.15) is 0 Å². The van der Waals surface area contributed by atoms with Gasteiger partial charge in [-0.25, -0.2) is 9.97 Å². The Morgan fingerprint density at radius 1 is 0.375 bits per heavy atom. The second kappa shape index (κ2) is 15.3. The molecule has 0 saturated carbocycles. The van der Waals surface area contributed by atoms with Gasteiger partial charge >= 0.3 is 14.2 Å². The number of nitrogens with one attached hydrogen (secondary N) is 1. The fourth-order valence-electron chi connectivity index (χ4n) is 11.0. The topological polar surface area (TPSA) is 78.5 Å². The highest BCUT2D eigenvalue weighted by Crippen LogP contribution is 2.51. The Balaban J connectivity index is 1.34. The van der Waals surface area contributed by atoms with Crippen molar-refractivity contribution < 1.29 is 18.6 Å². The van der Waals surface area contributed by atoms with Crippen LogP contribution in [0.15, 0.2) is 72.8 Å². The number of benzene rings is 4. The molecule has 4 aromatic carbocycles. The second-order valence-corrected chi connectivity index (χ2v) is 27.8. The maximum Gasteiger partial charge on any atom is 0.494 e. The molecule has 0 radical (unpaired) electrons. The highest BCUT2D eigenvalue weighted by molar-refractivity contribution is 6.63. The Morgan fingerprint density at radius 2 is 0.639 bits per heavy atom. The van der Waals surface area contributed by atoms with E-state index in [2.05, 4.69) is 216 Å². The zero-order valence-electron chi connectivity index (χ0n) is 46.8. The van der Waals surface area contributed by atoms with Crippen LogP contribution in [0.5, 0.6) is 0 Å². The predicted octanol–water partition coefficient (Wildman–Crippen LogP) is 14.5. The number of rotatable bonds is 2. The van der Waals surface area contributed by atoms with Crippen LogP contribution in [0.3, 0.4) is 0 Å². The summed E-state index contributed by atoms with van der Waals surface area (Å²) >= 11 is 0. The standard InChI is InChI=1S/C63H75B2N3O4/c1-56(2,3)34-21-40-41-22-35(57(4,5)6)24-45-43(41)33-42(40)44(23-34)50-29-38(64-69-60(13,14)61(15,16)70-64)31-52(66-50)48-27-36(58(7,8)9)25-46-47-26-37(59(10,11)12)28-49(55(47)68-54(46)48)53-32-39(30-51(45)67-53)65-71-62(17,18)63(19,20)72-65/h21-32,68H,33H2,1-20H3. The van der Waals surface area contributed by atoms with Crippen molar-refractivity contribution in [2.24, 2.45) is 0 Å². The van der Waals surface area contributed by atoms with E-state index in [-0.39, 0.29) is 21.7 Å². The van der Waals surface area contributed by atoms with E-state index in [0.29, 0.717) is 6.42 Å². The summed E-state index contributed by atoms with van der Waals surface area (Å²) in [5.74, 6) is 0. The summed E-state index contributed by atoms with van der Waals surface area (Å²) < 4.78 is 27.7. The molecular formula is C63H75B2N3O4. The van der Waals surface area contributed by atoms with Crippen molar-refractivity contribution in [2.75, 3.05) is 0 Å². The molecule has 6 heterocycles. The molecule has 0 atom stereocenters. The molecule has 7 nitrogen and oxygen atoms in total. The minimum absolute atomic E-state index is 0.157. The fourth-order valence-corrected chi connectivity index (χ4v) is 11.0. The van der Waals surface area contributed by atoms with Crippen molar-refractivity contribution in [1.29, 1.82) is 0 Å². The van der Waals surface area contributed by atoms with Gasteiger partial charge in [-0.1, -0.05) is 95.2 Å². The van der Waals surface area contributed by atoms with E-state index in [9.17, 15) is 0 Å². The molecule has 3 aliphatic heterocycles. The van der Waals surface area contributed by atoms with Gasteiger partial charge in [-0.3, -0.25) is 0 Å². The molecule has 72 heavy (non-hydrogen) atoms. The van der Waals surface area contributed by atoms with Crippen molar-refractivity contribution in [3.8, 4) is 56.2 Å². The molecule has 0 spiro atoms. The van der Waals surface area contributed by atoms with Crippen LogP contribution in [-0.4, -0.2) is 51.6 Å². The number of aromatic amines is 1. The van der Waals surface area contributed by atoms with Crippen molar-refractivity contribution in [2.45, 2.75) is 189 Å². The van der Waals surface area contributed by atoms with Gasteiger partial charge in [0.25, 0.3) is 0 Å². The Kier molecular flexibility index (Phi) is 10.4. The molecule has 11 rings (SSSR count). The van der Waals surface area contributed by atoms with Crippen LogP contribution in [0.4, 0.5) is 0 Å². The average molecular weight is 960 g/mol. The number of H-pyrrole nitrogens is 1. The molecule has 2 fully saturated rings. The first-order valence-corrected chi connectivity index (χ1v) is 26.4. The van der Waals surface area contributed by atoms with E-state index in [1.165, 1.54) is 44.5 Å². The van der Waals surface area contributed by atoms with E-state index < -0.39 is 36.6 Å². The Morgan fingerprint density at radius 3 is 0.944 bits per heavy atom. The zero-order valence-corrected chi connectivity index (χ0v) is 46.8. The summed E-state index contributed by atoms with van der Waals surface area (Å²) in [5, 5.41) is 2.30. The first-order chi connectivity index (χ1) is 33.1. The normalized spacial score (nSPS) is 18.7. The lowest BCUT2D eigenvalue weighted by Crippen LogP contribution is -2.41. The van der Waals surface area contributed by atoms with Crippen LogP contribution in [0, 0.1) is 0 Å². The maximum atomic E-state index is 6.92. The quantitative estimate of drug-likeness (QED) is 0.174. The number of hydrogen-bond acceptors (Lipinski definition) is 6. The molecule has 0 amide bonds. The van der Waals surface area contributed by atoms with Crippen LogP contribution >= 0.6 is 0 Å². The molecule has 1 N–H and O–H groups in total. The number of hydrogen-bond donors (Lipinski definition) is 1. The van der Waals surface area contributed by atoms with Gasteiger partial charge in [0.05, 0.1) is 56.2 Å². The first-order valence-electron chi connectivity index (χ1n) is 26.4. The number of pyridine rings is 2. The molecule has 8 bridgehead atoms. The van der Waals surface area contributed by atoms with Gasteiger partial charge in [0.2, 0.25) is 0 Å². The van der Waals surface area contributed by atoms with E-state index in [4.69, 9.17) is 28.6 Å². The summed E-state index contributed by atoms with van der Waals surface area (Å²) in [6.07, 6.45) is 0.713. The van der Waals surface area contributed by atoms with E-state index in [1.807, 2.05) is 0 Å². The van der Waals surface area contributed by atoms with Crippen LogP contribution < -0.4 is 10.9 Å². The lowest BCUT2D eigenvalue weighted by Gasteiger charge is -2.32. The summed E-state index contributed by atoms with van der Waals surface area (Å²) in [6, 6.07) is 28.2. The summed E-state index contributed by atoms with van der Waals surface area (Å²) in [7, 11) is -1.20. The third kappa shape index (κ3) is 7.77.